The fourth-order valence-electron chi connectivity index (χ4n) is 3.74. The Labute approximate surface area is 211 Å². The molecule has 0 saturated carbocycles. The molecule has 0 bridgehead atoms. The first kappa shape index (κ1) is 27.5. The number of halogens is 3. The molecule has 1 atom stereocenters. The number of pyridine rings is 2. The largest absolute Gasteiger partial charge is 0.433 e. The lowest BCUT2D eigenvalue weighted by Crippen LogP contribution is -2.31. The Morgan fingerprint density at radius 3 is 2.46 bits per heavy atom. The predicted octanol–water partition coefficient (Wildman–Crippen LogP) is 3.81. The molecule has 3 aromatic rings. The quantitative estimate of drug-likeness (QED) is 0.273. The Bertz CT molecular complexity index is 1540. The van der Waals surface area contributed by atoms with E-state index in [0.29, 0.717) is 16.2 Å². The molecular weight excluding hydrogens is 507 g/mol. The van der Waals surface area contributed by atoms with Gasteiger partial charge in [0.15, 0.2) is 6.19 Å². The van der Waals surface area contributed by atoms with Crippen LogP contribution in [0.2, 0.25) is 0 Å². The summed E-state index contributed by atoms with van der Waals surface area (Å²) in [7, 11) is -2.98. The van der Waals surface area contributed by atoms with Gasteiger partial charge in [0.05, 0.1) is 14.6 Å². The Morgan fingerprint density at radius 1 is 1.24 bits per heavy atom. The second-order valence-electron chi connectivity index (χ2n) is 8.48. The Balaban J connectivity index is 1.97. The van der Waals surface area contributed by atoms with Crippen LogP contribution < -0.4 is 15.5 Å². The van der Waals surface area contributed by atoms with Crippen LogP contribution in [-0.4, -0.2) is 25.5 Å². The van der Waals surface area contributed by atoms with E-state index < -0.39 is 32.9 Å². The molecule has 194 valence electrons. The number of rotatable bonds is 7. The van der Waals surface area contributed by atoms with Crippen molar-refractivity contribution in [3.05, 3.63) is 81.5 Å². The summed E-state index contributed by atoms with van der Waals surface area (Å²) in [6, 6.07) is 8.07. The van der Waals surface area contributed by atoms with E-state index in [1.165, 1.54) is 24.4 Å². The van der Waals surface area contributed by atoms with Crippen LogP contribution in [0.15, 0.2) is 58.5 Å². The number of carbonyl (C=O) groups is 1. The van der Waals surface area contributed by atoms with Gasteiger partial charge in [-0.25, -0.2) is 8.93 Å². The molecule has 2 N–H and O–H groups in total. The number of amides is 1. The molecular formula is C25H24F3N5O3S. The second-order valence-corrected chi connectivity index (χ2v) is 10.5. The number of nitrogens with one attached hydrogen (secondary N) is 2. The summed E-state index contributed by atoms with van der Waals surface area (Å²) in [6.45, 7) is 5.26. The van der Waals surface area contributed by atoms with Crippen LogP contribution >= 0.6 is 0 Å². The number of carbonyl (C=O) groups excluding carboxylic acids is 1. The lowest BCUT2D eigenvalue weighted by atomic mass is 10.0. The van der Waals surface area contributed by atoms with Gasteiger partial charge in [0, 0.05) is 36.2 Å². The van der Waals surface area contributed by atoms with Crippen molar-refractivity contribution in [2.45, 2.75) is 44.4 Å². The molecule has 0 aliphatic heterocycles. The fraction of sp³-hybridized carbons (Fsp3) is 0.240. The highest BCUT2D eigenvalue weighted by Gasteiger charge is 2.33. The van der Waals surface area contributed by atoms with Crippen LogP contribution in [0.1, 0.15) is 47.2 Å². The monoisotopic (exact) mass is 531 g/mol. The normalized spacial score (nSPS) is 13.0. The molecule has 1 amide bonds. The van der Waals surface area contributed by atoms with Crippen molar-refractivity contribution in [1.29, 1.82) is 5.26 Å². The van der Waals surface area contributed by atoms with Crippen LogP contribution in [0.4, 0.5) is 13.2 Å². The summed E-state index contributed by atoms with van der Waals surface area (Å²) in [5.41, 5.74) is -1.06. The molecule has 0 spiro atoms. The van der Waals surface area contributed by atoms with Gasteiger partial charge in [0.2, 0.25) is 5.43 Å². The second kappa shape index (κ2) is 10.5. The summed E-state index contributed by atoms with van der Waals surface area (Å²) < 4.78 is 55.8. The van der Waals surface area contributed by atoms with Crippen molar-refractivity contribution in [3.63, 3.8) is 0 Å². The van der Waals surface area contributed by atoms with Gasteiger partial charge in [0.1, 0.15) is 11.3 Å². The number of aromatic nitrogens is 2. The first-order valence-corrected chi connectivity index (χ1v) is 12.7. The summed E-state index contributed by atoms with van der Waals surface area (Å²) in [5.74, 6) is 2.78. The highest BCUT2D eigenvalue weighted by molar-refractivity contribution is 7.98. The molecule has 12 heteroatoms. The first-order valence-electron chi connectivity index (χ1n) is 11.0. The molecule has 0 aliphatic rings. The van der Waals surface area contributed by atoms with Crippen molar-refractivity contribution in [3.8, 4) is 17.3 Å². The molecule has 1 aromatic carbocycles. The molecule has 3 rings (SSSR count). The molecule has 0 aliphatic carbocycles. The minimum atomic E-state index is -4.70. The number of benzene rings is 1. The molecule has 0 radical (unpaired) electrons. The van der Waals surface area contributed by atoms with Crippen molar-refractivity contribution in [1.82, 2.24) is 19.6 Å². The summed E-state index contributed by atoms with van der Waals surface area (Å²) in [5, 5.41) is 11.3. The van der Waals surface area contributed by atoms with Gasteiger partial charge >= 0.3 is 6.18 Å². The molecule has 8 nitrogen and oxygen atoms in total. The third-order valence-electron chi connectivity index (χ3n) is 5.60. The molecule has 37 heavy (non-hydrogen) atoms. The lowest BCUT2D eigenvalue weighted by molar-refractivity contribution is -0.141. The zero-order chi connectivity index (χ0) is 27.5. The molecule has 0 fully saturated rings. The van der Waals surface area contributed by atoms with Crippen molar-refractivity contribution in [2.24, 2.45) is 0 Å². The average Bonchev–Trinajstić information content (AvgIpc) is 2.82. The molecule has 1 unspecified atom stereocenters. The minimum absolute atomic E-state index is 0.00668. The van der Waals surface area contributed by atoms with Crippen LogP contribution in [0.3, 0.4) is 0 Å². The zero-order valence-corrected chi connectivity index (χ0v) is 21.0. The average molecular weight is 532 g/mol. The number of hydrogen-bond donors (Lipinski definition) is 2. The van der Waals surface area contributed by atoms with E-state index in [-0.39, 0.29) is 29.3 Å². The molecule has 2 aromatic heterocycles. The maximum absolute atomic E-state index is 13.3. The predicted molar refractivity (Wildman–Crippen MR) is 134 cm³/mol. The van der Waals surface area contributed by atoms with E-state index >= 15 is 0 Å². The third-order valence-corrected chi connectivity index (χ3v) is 7.05. The van der Waals surface area contributed by atoms with Crippen molar-refractivity contribution < 1.29 is 22.2 Å². The van der Waals surface area contributed by atoms with Gasteiger partial charge in [-0.2, -0.15) is 18.4 Å². The van der Waals surface area contributed by atoms with Crippen LogP contribution in [0.5, 0.6) is 0 Å². The Kier molecular flexibility index (Phi) is 7.78. The van der Waals surface area contributed by atoms with Crippen LogP contribution in [-0.2, 0) is 22.4 Å². The van der Waals surface area contributed by atoms with E-state index in [9.17, 15) is 27.0 Å². The maximum Gasteiger partial charge on any atom is 0.433 e. The Hall–Kier alpha value is -4.11. The van der Waals surface area contributed by atoms with Crippen molar-refractivity contribution in [2.75, 3.05) is 0 Å². The Morgan fingerprint density at radius 2 is 1.89 bits per heavy atom. The lowest BCUT2D eigenvalue weighted by Gasteiger charge is -2.20. The summed E-state index contributed by atoms with van der Waals surface area (Å²) >= 11 is 0. The van der Waals surface area contributed by atoms with E-state index in [2.05, 4.69) is 20.9 Å². The summed E-state index contributed by atoms with van der Waals surface area (Å²) in [4.78, 5) is 30.0. The fourth-order valence-corrected chi connectivity index (χ4v) is 4.58. The van der Waals surface area contributed by atoms with E-state index in [0.717, 1.165) is 12.3 Å². The van der Waals surface area contributed by atoms with Gasteiger partial charge in [-0.05, 0) is 62.0 Å². The number of hydrogen-bond acceptors (Lipinski definition) is 5. The summed E-state index contributed by atoms with van der Waals surface area (Å²) in [6.07, 6.45) is -0.739. The SMILES string of the molecule is C=S(=O)(NC#N)c1ccc(CNC(=O)c2cn(C(C)C)c(C)c(-c3ccnc(C(F)(F)F)c3)c2=O)cc1. The van der Waals surface area contributed by atoms with Gasteiger partial charge in [-0.1, -0.05) is 12.1 Å². The number of nitrogens with zero attached hydrogens (tertiary/aromatic N) is 3. The van der Waals surface area contributed by atoms with E-state index in [1.54, 1.807) is 29.8 Å². The molecule has 2 heterocycles. The zero-order valence-electron chi connectivity index (χ0n) is 20.2. The van der Waals surface area contributed by atoms with E-state index in [4.69, 9.17) is 5.26 Å². The van der Waals surface area contributed by atoms with Gasteiger partial charge in [-0.3, -0.25) is 14.6 Å². The number of nitriles is 1. The van der Waals surface area contributed by atoms with Gasteiger partial charge < -0.3 is 9.88 Å². The molecule has 0 saturated heterocycles. The van der Waals surface area contributed by atoms with Gasteiger partial charge in [0.25, 0.3) is 5.91 Å². The van der Waals surface area contributed by atoms with Crippen LogP contribution in [0, 0.1) is 18.4 Å². The smallest absolute Gasteiger partial charge is 0.348 e. The highest BCUT2D eigenvalue weighted by atomic mass is 32.2. The number of alkyl halides is 3. The van der Waals surface area contributed by atoms with Gasteiger partial charge in [-0.15, -0.1) is 0 Å². The van der Waals surface area contributed by atoms with E-state index in [1.807, 2.05) is 13.8 Å². The standard InChI is InChI=1S/C25H24F3N5O3S/c1-15(2)33-13-20(23(34)22(16(33)3)18-9-10-30-21(11-18)25(26,27)28)24(35)31-12-17-5-7-19(8-6-17)37(4,36)32-14-29/h5-11,13,15H,4,12H2,1-3H3,(H,31,35)(H,32,36). The first-order chi connectivity index (χ1) is 17.3. The van der Waals surface area contributed by atoms with Crippen LogP contribution in [0.25, 0.3) is 11.1 Å². The maximum atomic E-state index is 13.3. The third kappa shape index (κ3) is 6.00. The minimum Gasteiger partial charge on any atom is -0.348 e. The van der Waals surface area contributed by atoms with Crippen molar-refractivity contribution >= 4 is 21.5 Å². The highest BCUT2D eigenvalue weighted by Crippen LogP contribution is 2.31. The topological polar surface area (TPSA) is 117 Å².